The Kier molecular flexibility index (Phi) is 4.03. The molecule has 0 fully saturated rings. The van der Waals surface area contributed by atoms with Crippen molar-refractivity contribution in [1.29, 1.82) is 0 Å². The van der Waals surface area contributed by atoms with Crippen molar-refractivity contribution in [2.45, 2.75) is 11.8 Å². The van der Waals surface area contributed by atoms with Crippen LogP contribution in [0.25, 0.3) is 0 Å². The minimum Gasteiger partial charge on any atom is -0.486 e. The lowest BCUT2D eigenvalue weighted by atomic mass is 10.00. The van der Waals surface area contributed by atoms with E-state index in [2.05, 4.69) is 63.0 Å². The van der Waals surface area contributed by atoms with Crippen LogP contribution in [0.3, 0.4) is 0 Å². The molecule has 2 aromatic carbocycles. The van der Waals surface area contributed by atoms with Crippen LogP contribution in [-0.4, -0.2) is 13.2 Å². The van der Waals surface area contributed by atoms with Crippen LogP contribution in [-0.2, 0) is 0 Å². The van der Waals surface area contributed by atoms with Gasteiger partial charge in [-0.3, -0.25) is 0 Å². The highest BCUT2D eigenvalue weighted by Crippen LogP contribution is 2.43. The number of fused-ring (bicyclic) bond motifs is 1. The van der Waals surface area contributed by atoms with Gasteiger partial charge in [0.2, 0.25) is 0 Å². The van der Waals surface area contributed by atoms with Crippen molar-refractivity contribution in [2.75, 3.05) is 13.2 Å². The molecular formula is C16H14Br2O2. The van der Waals surface area contributed by atoms with Gasteiger partial charge in [0.15, 0.2) is 11.5 Å². The van der Waals surface area contributed by atoms with Crippen LogP contribution in [0.15, 0.2) is 40.9 Å². The van der Waals surface area contributed by atoms with Gasteiger partial charge in [0.1, 0.15) is 13.2 Å². The van der Waals surface area contributed by atoms with Gasteiger partial charge in [-0.2, -0.15) is 0 Å². The fraction of sp³-hybridized carbons (Fsp3) is 0.250. The first-order valence-electron chi connectivity index (χ1n) is 6.45. The molecule has 0 saturated carbocycles. The Morgan fingerprint density at radius 1 is 1.00 bits per heavy atom. The van der Waals surface area contributed by atoms with Crippen LogP contribution < -0.4 is 9.47 Å². The zero-order valence-electron chi connectivity index (χ0n) is 11.0. The summed E-state index contributed by atoms with van der Waals surface area (Å²) in [6, 6.07) is 12.4. The molecule has 0 aromatic heterocycles. The average Bonchev–Trinajstić information content (AvgIpc) is 2.46. The Labute approximate surface area is 135 Å². The highest BCUT2D eigenvalue weighted by molar-refractivity contribution is 9.11. The summed E-state index contributed by atoms with van der Waals surface area (Å²) in [5.74, 6) is 1.61. The van der Waals surface area contributed by atoms with Gasteiger partial charge in [-0.05, 0) is 35.7 Å². The summed E-state index contributed by atoms with van der Waals surface area (Å²) < 4.78 is 12.3. The molecule has 0 aliphatic carbocycles. The van der Waals surface area contributed by atoms with Gasteiger partial charge in [0, 0.05) is 4.47 Å². The van der Waals surface area contributed by atoms with E-state index in [4.69, 9.17) is 9.47 Å². The van der Waals surface area contributed by atoms with Crippen LogP contribution in [0.1, 0.15) is 21.5 Å². The van der Waals surface area contributed by atoms with Crippen LogP contribution >= 0.6 is 31.9 Å². The fourth-order valence-electron chi connectivity index (χ4n) is 2.31. The molecule has 20 heavy (non-hydrogen) atoms. The molecule has 1 aliphatic rings. The van der Waals surface area contributed by atoms with E-state index in [9.17, 15) is 0 Å². The quantitative estimate of drug-likeness (QED) is 0.663. The number of rotatable bonds is 2. The number of alkyl halides is 1. The third-order valence-corrected chi connectivity index (χ3v) is 5.07. The molecule has 0 N–H and O–H groups in total. The summed E-state index contributed by atoms with van der Waals surface area (Å²) in [7, 11) is 0. The molecule has 104 valence electrons. The number of halogens is 2. The van der Waals surface area contributed by atoms with Crippen molar-refractivity contribution in [3.05, 3.63) is 57.6 Å². The maximum atomic E-state index is 5.67. The predicted octanol–water partition coefficient (Wildman–Crippen LogP) is 5.01. The summed E-state index contributed by atoms with van der Waals surface area (Å²) in [6.07, 6.45) is 0. The lowest BCUT2D eigenvalue weighted by Crippen LogP contribution is -2.15. The smallest absolute Gasteiger partial charge is 0.162 e. The summed E-state index contributed by atoms with van der Waals surface area (Å²) in [5, 5.41) is 0. The average molecular weight is 398 g/mol. The second-order valence-electron chi connectivity index (χ2n) is 4.74. The SMILES string of the molecule is Cc1ccccc1C(Br)c1cc2c(cc1Br)OCCO2. The number of benzene rings is 2. The van der Waals surface area contributed by atoms with E-state index in [0.29, 0.717) is 13.2 Å². The Morgan fingerprint density at radius 2 is 1.65 bits per heavy atom. The number of ether oxygens (including phenoxy) is 2. The van der Waals surface area contributed by atoms with E-state index in [0.717, 1.165) is 21.5 Å². The Morgan fingerprint density at radius 3 is 2.35 bits per heavy atom. The Hall–Kier alpha value is -1.00. The van der Waals surface area contributed by atoms with Gasteiger partial charge >= 0.3 is 0 Å². The topological polar surface area (TPSA) is 18.5 Å². The molecule has 2 aromatic rings. The largest absolute Gasteiger partial charge is 0.486 e. The lowest BCUT2D eigenvalue weighted by Gasteiger charge is -2.22. The number of hydrogen-bond donors (Lipinski definition) is 0. The van der Waals surface area contributed by atoms with Crippen molar-refractivity contribution in [3.8, 4) is 11.5 Å². The van der Waals surface area contributed by atoms with Crippen molar-refractivity contribution < 1.29 is 9.47 Å². The highest BCUT2D eigenvalue weighted by atomic mass is 79.9. The van der Waals surface area contributed by atoms with Gasteiger partial charge in [-0.1, -0.05) is 56.1 Å². The van der Waals surface area contributed by atoms with E-state index in [1.165, 1.54) is 11.1 Å². The molecule has 0 bridgehead atoms. The maximum Gasteiger partial charge on any atom is 0.162 e. The van der Waals surface area contributed by atoms with Crippen LogP contribution in [0.4, 0.5) is 0 Å². The maximum absolute atomic E-state index is 5.67. The minimum absolute atomic E-state index is 0.119. The fourth-order valence-corrected chi connectivity index (χ4v) is 4.06. The minimum atomic E-state index is 0.119. The first-order valence-corrected chi connectivity index (χ1v) is 8.16. The van der Waals surface area contributed by atoms with E-state index in [1.807, 2.05) is 12.1 Å². The van der Waals surface area contributed by atoms with Crippen LogP contribution in [0, 0.1) is 6.92 Å². The molecule has 1 heterocycles. The van der Waals surface area contributed by atoms with Gasteiger partial charge in [-0.15, -0.1) is 0 Å². The summed E-state index contributed by atoms with van der Waals surface area (Å²) in [6.45, 7) is 3.33. The third-order valence-electron chi connectivity index (χ3n) is 3.40. The van der Waals surface area contributed by atoms with E-state index in [1.54, 1.807) is 0 Å². The number of hydrogen-bond acceptors (Lipinski definition) is 2. The molecule has 0 spiro atoms. The molecule has 1 aliphatic heterocycles. The van der Waals surface area contributed by atoms with E-state index >= 15 is 0 Å². The number of aryl methyl sites for hydroxylation is 1. The molecule has 0 saturated heterocycles. The summed E-state index contributed by atoms with van der Waals surface area (Å²) in [4.78, 5) is 0.119. The van der Waals surface area contributed by atoms with Gasteiger partial charge in [0.05, 0.1) is 4.83 Å². The van der Waals surface area contributed by atoms with Gasteiger partial charge in [0.25, 0.3) is 0 Å². The van der Waals surface area contributed by atoms with Crippen molar-refractivity contribution >= 4 is 31.9 Å². The zero-order valence-corrected chi connectivity index (χ0v) is 14.2. The second-order valence-corrected chi connectivity index (χ2v) is 6.51. The normalized spacial score (nSPS) is 14.9. The zero-order chi connectivity index (χ0) is 14.1. The summed E-state index contributed by atoms with van der Waals surface area (Å²) >= 11 is 7.43. The Bertz CT molecular complexity index is 640. The van der Waals surface area contributed by atoms with Crippen LogP contribution in [0.2, 0.25) is 0 Å². The molecule has 1 unspecified atom stereocenters. The molecular weight excluding hydrogens is 384 g/mol. The molecule has 3 rings (SSSR count). The van der Waals surface area contributed by atoms with Gasteiger partial charge < -0.3 is 9.47 Å². The lowest BCUT2D eigenvalue weighted by molar-refractivity contribution is 0.171. The molecule has 0 amide bonds. The van der Waals surface area contributed by atoms with Crippen molar-refractivity contribution in [3.63, 3.8) is 0 Å². The predicted molar refractivity (Wildman–Crippen MR) is 87.1 cm³/mol. The molecule has 0 radical (unpaired) electrons. The Balaban J connectivity index is 2.03. The van der Waals surface area contributed by atoms with Crippen molar-refractivity contribution in [1.82, 2.24) is 0 Å². The van der Waals surface area contributed by atoms with Gasteiger partial charge in [-0.25, -0.2) is 0 Å². The molecule has 2 nitrogen and oxygen atoms in total. The second kappa shape index (κ2) is 5.78. The molecule has 4 heteroatoms. The first-order chi connectivity index (χ1) is 9.66. The third kappa shape index (κ3) is 2.59. The van der Waals surface area contributed by atoms with Crippen LogP contribution in [0.5, 0.6) is 11.5 Å². The van der Waals surface area contributed by atoms with E-state index < -0.39 is 0 Å². The summed E-state index contributed by atoms with van der Waals surface area (Å²) in [5.41, 5.74) is 3.66. The van der Waals surface area contributed by atoms with E-state index in [-0.39, 0.29) is 4.83 Å². The monoisotopic (exact) mass is 396 g/mol. The molecule has 1 atom stereocenters. The highest BCUT2D eigenvalue weighted by Gasteiger charge is 2.20. The standard InChI is InChI=1S/C16H14Br2O2/c1-10-4-2-3-5-11(10)16(18)12-8-14-15(9-13(12)17)20-7-6-19-14/h2-5,8-9,16H,6-7H2,1H3. The first kappa shape index (κ1) is 14.0. The van der Waals surface area contributed by atoms with Crippen molar-refractivity contribution in [2.24, 2.45) is 0 Å².